The molecule has 0 saturated heterocycles. The molecule has 0 radical (unpaired) electrons. The maximum Gasteiger partial charge on any atom is 0.248 e. The summed E-state index contributed by atoms with van der Waals surface area (Å²) in [7, 11) is 0. The van der Waals surface area contributed by atoms with E-state index in [1.165, 1.54) is 30.4 Å². The SMILES string of the molecule is CC.Cc1nnc(-c2ccc(OCc3ccc4ccccc4n3)cc2C2(c3ccccc3)CC3CCC2C3)o1. The highest BCUT2D eigenvalue weighted by molar-refractivity contribution is 5.78. The normalized spacial score (nSPS) is 21.5. The van der Waals surface area contributed by atoms with Crippen molar-refractivity contribution in [2.75, 3.05) is 0 Å². The van der Waals surface area contributed by atoms with Crippen molar-refractivity contribution in [3.8, 4) is 17.2 Å². The zero-order chi connectivity index (χ0) is 26.8. The molecule has 2 aliphatic carbocycles. The van der Waals surface area contributed by atoms with Gasteiger partial charge in [-0.1, -0.05) is 74.9 Å². The van der Waals surface area contributed by atoms with E-state index < -0.39 is 0 Å². The predicted molar refractivity (Wildman–Crippen MR) is 155 cm³/mol. The van der Waals surface area contributed by atoms with E-state index in [0.29, 0.717) is 24.3 Å². The Hall–Kier alpha value is -3.99. The lowest BCUT2D eigenvalue weighted by Crippen LogP contribution is -2.34. The first-order chi connectivity index (χ1) is 19.2. The van der Waals surface area contributed by atoms with Crippen molar-refractivity contribution in [1.29, 1.82) is 0 Å². The minimum absolute atomic E-state index is 0.0948. The van der Waals surface area contributed by atoms with Crippen LogP contribution in [0.3, 0.4) is 0 Å². The molecule has 2 saturated carbocycles. The number of rotatable bonds is 6. The topological polar surface area (TPSA) is 61.0 Å². The molecule has 2 aromatic heterocycles. The average molecular weight is 518 g/mol. The maximum absolute atomic E-state index is 6.37. The summed E-state index contributed by atoms with van der Waals surface area (Å²) in [6.07, 6.45) is 4.97. The molecule has 0 aliphatic heterocycles. The first-order valence-electron chi connectivity index (χ1n) is 14.2. The molecular weight excluding hydrogens is 482 g/mol. The number of ether oxygens (including phenoxy) is 1. The molecule has 0 amide bonds. The lowest BCUT2D eigenvalue weighted by molar-refractivity contribution is 0.295. The number of aryl methyl sites for hydroxylation is 1. The van der Waals surface area contributed by atoms with Gasteiger partial charge in [-0.2, -0.15) is 0 Å². The van der Waals surface area contributed by atoms with Crippen LogP contribution in [0, 0.1) is 18.8 Å². The third-order valence-electron chi connectivity index (χ3n) is 8.41. The van der Waals surface area contributed by atoms with Crippen LogP contribution in [0.25, 0.3) is 22.4 Å². The Kier molecular flexibility index (Phi) is 6.90. The summed E-state index contributed by atoms with van der Waals surface area (Å²) in [6, 6.07) is 29.7. The number of nitrogens with zero attached hydrogens (tertiary/aromatic N) is 3. The quantitative estimate of drug-likeness (QED) is 0.227. The Bertz CT molecular complexity index is 1580. The Labute approximate surface area is 230 Å². The second-order valence-electron chi connectivity index (χ2n) is 10.5. The number of hydrogen-bond acceptors (Lipinski definition) is 5. The van der Waals surface area contributed by atoms with E-state index in [1.54, 1.807) is 0 Å². The van der Waals surface area contributed by atoms with Crippen LogP contribution in [-0.2, 0) is 12.0 Å². The fourth-order valence-electron chi connectivity index (χ4n) is 6.82. The van der Waals surface area contributed by atoms with Crippen LogP contribution in [0.15, 0.2) is 89.3 Å². The van der Waals surface area contributed by atoms with Crippen LogP contribution in [-0.4, -0.2) is 15.2 Å². The molecule has 39 heavy (non-hydrogen) atoms. The molecular formula is C34H35N3O2. The molecule has 198 valence electrons. The van der Waals surface area contributed by atoms with Crippen LogP contribution in [0.2, 0.25) is 0 Å². The van der Waals surface area contributed by atoms with Gasteiger partial charge in [-0.25, -0.2) is 4.98 Å². The second kappa shape index (κ2) is 10.6. The van der Waals surface area contributed by atoms with Gasteiger partial charge in [-0.05, 0) is 72.6 Å². The second-order valence-corrected chi connectivity index (χ2v) is 10.5. The average Bonchev–Trinajstić information content (AvgIpc) is 3.74. The third kappa shape index (κ3) is 4.60. The van der Waals surface area contributed by atoms with Crippen LogP contribution in [0.5, 0.6) is 5.75 Å². The summed E-state index contributed by atoms with van der Waals surface area (Å²) in [5.41, 5.74) is 5.41. The molecule has 2 bridgehead atoms. The lowest BCUT2D eigenvalue weighted by atomic mass is 9.63. The first kappa shape index (κ1) is 25.3. The molecule has 5 aromatic rings. The summed E-state index contributed by atoms with van der Waals surface area (Å²) in [5.74, 6) is 3.32. The van der Waals surface area contributed by atoms with Crippen LogP contribution < -0.4 is 4.74 Å². The Balaban J connectivity index is 0.00000135. The minimum Gasteiger partial charge on any atom is -0.487 e. The highest BCUT2D eigenvalue weighted by atomic mass is 16.5. The van der Waals surface area contributed by atoms with Gasteiger partial charge in [0.05, 0.1) is 11.2 Å². The number of para-hydroxylation sites is 1. The number of aromatic nitrogens is 3. The van der Waals surface area contributed by atoms with Crippen LogP contribution in [0.1, 0.15) is 62.2 Å². The van der Waals surface area contributed by atoms with Crippen molar-refractivity contribution in [3.63, 3.8) is 0 Å². The molecule has 0 spiro atoms. The summed E-state index contributed by atoms with van der Waals surface area (Å²) in [5, 5.41) is 9.69. The van der Waals surface area contributed by atoms with E-state index in [0.717, 1.165) is 40.2 Å². The number of hydrogen-bond donors (Lipinski definition) is 0. The number of benzene rings is 3. The van der Waals surface area contributed by atoms with Gasteiger partial charge in [0.1, 0.15) is 12.4 Å². The highest BCUT2D eigenvalue weighted by Crippen LogP contribution is 2.61. The van der Waals surface area contributed by atoms with Gasteiger partial charge in [0.2, 0.25) is 11.8 Å². The molecule has 2 heterocycles. The standard InChI is InChI=1S/C32H29N3O2.C2H6/c1-21-34-35-31(37-21)28-16-15-27(36-20-26-14-12-23-7-5-6-10-30(23)33-26)18-29(28)32(24-8-3-2-4-9-24)19-22-11-13-25(32)17-22;1-2/h2-10,12,14-16,18,22,25H,11,13,17,19-20H2,1H3;1-2H3. The molecule has 3 atom stereocenters. The van der Waals surface area contributed by atoms with E-state index in [4.69, 9.17) is 14.1 Å². The molecule has 3 aromatic carbocycles. The Morgan fingerprint density at radius 1 is 0.897 bits per heavy atom. The number of fused-ring (bicyclic) bond motifs is 3. The van der Waals surface area contributed by atoms with Crippen molar-refractivity contribution in [3.05, 3.63) is 108 Å². The Morgan fingerprint density at radius 2 is 1.72 bits per heavy atom. The zero-order valence-electron chi connectivity index (χ0n) is 22.9. The fraction of sp³-hybridized carbons (Fsp3) is 0.324. The largest absolute Gasteiger partial charge is 0.487 e. The molecule has 0 N–H and O–H groups in total. The summed E-state index contributed by atoms with van der Waals surface area (Å²) >= 11 is 0. The van der Waals surface area contributed by atoms with E-state index in [9.17, 15) is 0 Å². The van der Waals surface area contributed by atoms with E-state index >= 15 is 0 Å². The first-order valence-corrected chi connectivity index (χ1v) is 14.2. The smallest absolute Gasteiger partial charge is 0.248 e. The Morgan fingerprint density at radius 3 is 2.46 bits per heavy atom. The number of pyridine rings is 1. The van der Waals surface area contributed by atoms with Crippen molar-refractivity contribution >= 4 is 10.9 Å². The summed E-state index contributed by atoms with van der Waals surface area (Å²) in [4.78, 5) is 4.79. The van der Waals surface area contributed by atoms with E-state index in [1.807, 2.05) is 51.1 Å². The predicted octanol–water partition coefficient (Wildman–Crippen LogP) is 8.30. The zero-order valence-corrected chi connectivity index (χ0v) is 22.9. The maximum atomic E-state index is 6.37. The highest BCUT2D eigenvalue weighted by Gasteiger charge is 2.53. The minimum atomic E-state index is -0.0948. The fourth-order valence-corrected chi connectivity index (χ4v) is 6.82. The van der Waals surface area contributed by atoms with Crippen LogP contribution >= 0.6 is 0 Å². The molecule has 7 rings (SSSR count). The molecule has 3 unspecified atom stereocenters. The lowest BCUT2D eigenvalue weighted by Gasteiger charge is -2.40. The summed E-state index contributed by atoms with van der Waals surface area (Å²) < 4.78 is 12.3. The van der Waals surface area contributed by atoms with Gasteiger partial charge in [0, 0.05) is 23.3 Å². The van der Waals surface area contributed by atoms with Crippen molar-refractivity contribution in [1.82, 2.24) is 15.2 Å². The third-order valence-corrected chi connectivity index (χ3v) is 8.41. The van der Waals surface area contributed by atoms with Gasteiger partial charge in [0.15, 0.2) is 0 Å². The van der Waals surface area contributed by atoms with Crippen molar-refractivity contribution in [2.24, 2.45) is 11.8 Å². The molecule has 5 nitrogen and oxygen atoms in total. The van der Waals surface area contributed by atoms with Crippen molar-refractivity contribution < 1.29 is 9.15 Å². The molecule has 2 aliphatic rings. The van der Waals surface area contributed by atoms with Crippen molar-refractivity contribution in [2.45, 2.75) is 58.5 Å². The van der Waals surface area contributed by atoms with Gasteiger partial charge < -0.3 is 9.15 Å². The summed E-state index contributed by atoms with van der Waals surface area (Å²) in [6.45, 7) is 6.25. The monoisotopic (exact) mass is 517 g/mol. The van der Waals surface area contributed by atoms with Gasteiger partial charge in [0.25, 0.3) is 0 Å². The van der Waals surface area contributed by atoms with E-state index in [-0.39, 0.29) is 5.41 Å². The van der Waals surface area contributed by atoms with Gasteiger partial charge in [-0.15, -0.1) is 10.2 Å². The van der Waals surface area contributed by atoms with Gasteiger partial charge >= 0.3 is 0 Å². The van der Waals surface area contributed by atoms with E-state index in [2.05, 4.69) is 64.8 Å². The van der Waals surface area contributed by atoms with Crippen LogP contribution in [0.4, 0.5) is 0 Å². The molecule has 5 heteroatoms. The molecule has 2 fully saturated rings. The van der Waals surface area contributed by atoms with Gasteiger partial charge in [-0.3, -0.25) is 0 Å².